The number of halogens is 1. The van der Waals surface area contributed by atoms with Crippen LogP contribution in [0.15, 0.2) is 15.9 Å². The zero-order valence-corrected chi connectivity index (χ0v) is 11.3. The van der Waals surface area contributed by atoms with Gasteiger partial charge in [-0.05, 0) is 28.4 Å². The summed E-state index contributed by atoms with van der Waals surface area (Å²) in [5.41, 5.74) is -0.400. The molecule has 0 atom stereocenters. The number of hydrogen-bond donors (Lipinski definition) is 1. The third-order valence-corrected chi connectivity index (χ3v) is 4.43. The van der Waals surface area contributed by atoms with Crippen molar-refractivity contribution in [1.82, 2.24) is 4.90 Å². The van der Waals surface area contributed by atoms with E-state index < -0.39 is 5.60 Å². The molecule has 1 aromatic heterocycles. The average molecular weight is 290 g/mol. The second-order valence-electron chi connectivity index (χ2n) is 4.35. The normalized spacial score (nSPS) is 20.2. The van der Waals surface area contributed by atoms with Crippen LogP contribution in [0, 0.1) is 0 Å². The molecule has 2 heterocycles. The average Bonchev–Trinajstić information content (AvgIpc) is 2.49. The van der Waals surface area contributed by atoms with Crippen LogP contribution >= 0.6 is 27.3 Å². The largest absolute Gasteiger partial charge is 0.387 e. The van der Waals surface area contributed by atoms with Crippen molar-refractivity contribution < 1.29 is 5.11 Å². The van der Waals surface area contributed by atoms with E-state index in [9.17, 15) is 5.11 Å². The van der Waals surface area contributed by atoms with Crippen molar-refractivity contribution in [3.63, 3.8) is 0 Å². The Morgan fingerprint density at radius 3 is 2.87 bits per heavy atom. The zero-order valence-electron chi connectivity index (χ0n) is 8.87. The van der Waals surface area contributed by atoms with Crippen LogP contribution in [-0.4, -0.2) is 28.7 Å². The topological polar surface area (TPSA) is 23.5 Å². The summed E-state index contributed by atoms with van der Waals surface area (Å²) in [5, 5.41) is 12.1. The molecule has 0 aromatic carbocycles. The quantitative estimate of drug-likeness (QED) is 0.921. The third kappa shape index (κ3) is 2.81. The molecule has 15 heavy (non-hydrogen) atoms. The van der Waals surface area contributed by atoms with E-state index in [4.69, 9.17) is 0 Å². The summed E-state index contributed by atoms with van der Waals surface area (Å²) in [4.78, 5) is 3.66. The van der Waals surface area contributed by atoms with Gasteiger partial charge in [-0.15, -0.1) is 11.3 Å². The van der Waals surface area contributed by atoms with Gasteiger partial charge in [0, 0.05) is 34.4 Å². The maximum atomic E-state index is 10.0. The van der Waals surface area contributed by atoms with Gasteiger partial charge in [0.15, 0.2) is 0 Å². The molecule has 1 fully saturated rings. The van der Waals surface area contributed by atoms with Crippen molar-refractivity contribution >= 4 is 27.3 Å². The van der Waals surface area contributed by atoms with E-state index in [0.717, 1.165) is 36.9 Å². The first-order valence-electron chi connectivity index (χ1n) is 5.29. The van der Waals surface area contributed by atoms with Crippen molar-refractivity contribution in [1.29, 1.82) is 0 Å². The molecule has 1 aromatic rings. The summed E-state index contributed by atoms with van der Waals surface area (Å²) in [6.45, 7) is 4.76. The molecule has 0 amide bonds. The van der Waals surface area contributed by atoms with E-state index in [0.29, 0.717) is 0 Å². The van der Waals surface area contributed by atoms with Gasteiger partial charge in [-0.3, -0.25) is 4.90 Å². The molecule has 2 nitrogen and oxygen atoms in total. The second kappa shape index (κ2) is 4.53. The number of rotatable bonds is 4. The molecule has 0 spiro atoms. The minimum atomic E-state index is -0.400. The van der Waals surface area contributed by atoms with Gasteiger partial charge in [0.05, 0.1) is 5.60 Å². The van der Waals surface area contributed by atoms with Crippen molar-refractivity contribution in [2.75, 3.05) is 13.1 Å². The first-order valence-corrected chi connectivity index (χ1v) is 6.96. The van der Waals surface area contributed by atoms with Crippen LogP contribution in [0.3, 0.4) is 0 Å². The number of nitrogens with zero attached hydrogens (tertiary/aromatic N) is 1. The Balaban J connectivity index is 1.80. The Hall–Kier alpha value is 0.1000. The van der Waals surface area contributed by atoms with Crippen LogP contribution in [0.4, 0.5) is 0 Å². The van der Waals surface area contributed by atoms with Gasteiger partial charge in [0.2, 0.25) is 0 Å². The minimum absolute atomic E-state index is 0.400. The highest BCUT2D eigenvalue weighted by molar-refractivity contribution is 9.10. The Morgan fingerprint density at radius 2 is 2.33 bits per heavy atom. The van der Waals surface area contributed by atoms with Gasteiger partial charge in [-0.1, -0.05) is 13.3 Å². The van der Waals surface area contributed by atoms with E-state index in [2.05, 4.69) is 39.2 Å². The van der Waals surface area contributed by atoms with E-state index >= 15 is 0 Å². The molecule has 0 saturated carbocycles. The lowest BCUT2D eigenvalue weighted by Gasteiger charge is -2.46. The molecule has 4 heteroatoms. The summed E-state index contributed by atoms with van der Waals surface area (Å²) in [6.07, 6.45) is 1.99. The number of aliphatic hydroxyl groups is 1. The Bertz CT molecular complexity index is 333. The number of thiophene rings is 1. The first kappa shape index (κ1) is 11.6. The van der Waals surface area contributed by atoms with Crippen LogP contribution in [0.5, 0.6) is 0 Å². The van der Waals surface area contributed by atoms with E-state index in [1.54, 1.807) is 11.3 Å². The Morgan fingerprint density at radius 1 is 1.60 bits per heavy atom. The predicted molar refractivity (Wildman–Crippen MR) is 67.2 cm³/mol. The molecule has 0 radical (unpaired) electrons. The molecule has 0 unspecified atom stereocenters. The first-order chi connectivity index (χ1) is 7.11. The third-order valence-electron chi connectivity index (χ3n) is 2.75. The molecule has 1 saturated heterocycles. The van der Waals surface area contributed by atoms with Gasteiger partial charge in [0.25, 0.3) is 0 Å². The lowest BCUT2D eigenvalue weighted by molar-refractivity contribution is -0.106. The SMILES string of the molecule is CCCC1(O)CN(Cc2cc(Br)cs2)C1. The van der Waals surface area contributed by atoms with Crippen molar-refractivity contribution in [3.8, 4) is 0 Å². The molecule has 1 aliphatic rings. The highest BCUT2D eigenvalue weighted by atomic mass is 79.9. The molecular weight excluding hydrogens is 274 g/mol. The lowest BCUT2D eigenvalue weighted by Crippen LogP contribution is -2.60. The van der Waals surface area contributed by atoms with E-state index in [-0.39, 0.29) is 0 Å². The van der Waals surface area contributed by atoms with Gasteiger partial charge < -0.3 is 5.11 Å². The standard InChI is InChI=1S/C11H16BrNOS/c1-2-3-11(14)7-13(8-11)5-10-4-9(12)6-15-10/h4,6,14H,2-3,5,7-8H2,1H3. The fraction of sp³-hybridized carbons (Fsp3) is 0.636. The highest BCUT2D eigenvalue weighted by Gasteiger charge is 2.39. The molecule has 2 rings (SSSR count). The van der Waals surface area contributed by atoms with Crippen LogP contribution in [0.1, 0.15) is 24.6 Å². The van der Waals surface area contributed by atoms with Gasteiger partial charge >= 0.3 is 0 Å². The van der Waals surface area contributed by atoms with Gasteiger partial charge in [0.1, 0.15) is 0 Å². The van der Waals surface area contributed by atoms with Gasteiger partial charge in [-0.25, -0.2) is 0 Å². The zero-order chi connectivity index (χ0) is 10.9. The molecule has 1 N–H and O–H groups in total. The van der Waals surface area contributed by atoms with Crippen molar-refractivity contribution in [2.45, 2.75) is 31.9 Å². The minimum Gasteiger partial charge on any atom is -0.387 e. The highest BCUT2D eigenvalue weighted by Crippen LogP contribution is 2.29. The maximum Gasteiger partial charge on any atom is 0.0900 e. The summed E-state index contributed by atoms with van der Waals surface area (Å²) < 4.78 is 1.16. The smallest absolute Gasteiger partial charge is 0.0900 e. The molecule has 0 bridgehead atoms. The summed E-state index contributed by atoms with van der Waals surface area (Å²) in [5.74, 6) is 0. The lowest BCUT2D eigenvalue weighted by atomic mass is 9.89. The summed E-state index contributed by atoms with van der Waals surface area (Å²) in [6, 6.07) is 2.15. The van der Waals surface area contributed by atoms with Gasteiger partial charge in [-0.2, -0.15) is 0 Å². The summed E-state index contributed by atoms with van der Waals surface area (Å²) >= 11 is 5.22. The second-order valence-corrected chi connectivity index (χ2v) is 6.26. The van der Waals surface area contributed by atoms with Crippen LogP contribution in [0.2, 0.25) is 0 Å². The molecule has 0 aliphatic carbocycles. The predicted octanol–water partition coefficient (Wildman–Crippen LogP) is 2.86. The monoisotopic (exact) mass is 289 g/mol. The number of β-amino-alcohol motifs (C(OH)–C–C–N with tert-alkyl or cyclic N) is 1. The van der Waals surface area contributed by atoms with Crippen molar-refractivity contribution in [2.24, 2.45) is 0 Å². The fourth-order valence-corrected chi connectivity index (χ4v) is 3.67. The number of hydrogen-bond acceptors (Lipinski definition) is 3. The Labute approximate surface area is 103 Å². The maximum absolute atomic E-state index is 10.0. The van der Waals surface area contributed by atoms with E-state index in [1.807, 2.05) is 0 Å². The van der Waals surface area contributed by atoms with Crippen LogP contribution in [0.25, 0.3) is 0 Å². The van der Waals surface area contributed by atoms with E-state index in [1.165, 1.54) is 4.88 Å². The molecule has 84 valence electrons. The molecular formula is C11H16BrNOS. The molecule has 1 aliphatic heterocycles. The number of likely N-dealkylation sites (tertiary alicyclic amines) is 1. The van der Waals surface area contributed by atoms with Crippen molar-refractivity contribution in [3.05, 3.63) is 20.8 Å². The Kier molecular flexibility index (Phi) is 3.50. The fourth-order valence-electron chi connectivity index (χ4n) is 2.18. The summed E-state index contributed by atoms with van der Waals surface area (Å²) in [7, 11) is 0. The van der Waals surface area contributed by atoms with Crippen LogP contribution < -0.4 is 0 Å². The van der Waals surface area contributed by atoms with Crippen LogP contribution in [-0.2, 0) is 6.54 Å².